The second kappa shape index (κ2) is 12.1. The molecular weight excluding hydrogens is 439 g/mol. The van der Waals surface area contributed by atoms with Gasteiger partial charge in [-0.25, -0.2) is 14.2 Å². The van der Waals surface area contributed by atoms with Crippen LogP contribution in [0.25, 0.3) is 0 Å². The Balaban J connectivity index is 1.92. The van der Waals surface area contributed by atoms with Gasteiger partial charge in [0.2, 0.25) is 0 Å². The number of methoxy groups -OCH3 is 2. The van der Waals surface area contributed by atoms with E-state index in [2.05, 4.69) is 10.4 Å². The van der Waals surface area contributed by atoms with Gasteiger partial charge in [-0.15, -0.1) is 0 Å². The largest absolute Gasteiger partial charge is 0.496 e. The average molecular weight is 471 g/mol. The summed E-state index contributed by atoms with van der Waals surface area (Å²) >= 11 is 0. The van der Waals surface area contributed by atoms with Crippen molar-refractivity contribution in [2.45, 2.75) is 25.8 Å². The number of para-hydroxylation sites is 1. The lowest BCUT2D eigenvalue weighted by atomic mass is 9.97. The molecule has 0 unspecified atom stereocenters. The first-order valence-corrected chi connectivity index (χ1v) is 11.3. The van der Waals surface area contributed by atoms with E-state index < -0.39 is 11.9 Å². The maximum Gasteiger partial charge on any atom is 0.317 e. The Labute approximate surface area is 199 Å². The number of nitrogens with one attached hydrogen (secondary N) is 1. The van der Waals surface area contributed by atoms with Gasteiger partial charge in [0.15, 0.2) is 0 Å². The van der Waals surface area contributed by atoms with E-state index >= 15 is 0 Å². The fourth-order valence-corrected chi connectivity index (χ4v) is 3.82. The topological polar surface area (TPSA) is 83.5 Å². The first kappa shape index (κ1) is 25.2. The van der Waals surface area contributed by atoms with Crippen molar-refractivity contribution in [2.24, 2.45) is 5.10 Å². The number of benzene rings is 2. The van der Waals surface area contributed by atoms with Gasteiger partial charge in [-0.3, -0.25) is 4.79 Å². The summed E-state index contributed by atoms with van der Waals surface area (Å²) in [4.78, 5) is 27.5. The Bertz CT molecular complexity index is 1030. The molecule has 0 aromatic heterocycles. The summed E-state index contributed by atoms with van der Waals surface area (Å²) < 4.78 is 25.2. The quantitative estimate of drug-likeness (QED) is 0.575. The summed E-state index contributed by atoms with van der Waals surface area (Å²) in [5.74, 6) is -0.188. The minimum Gasteiger partial charge on any atom is -0.496 e. The number of urea groups is 1. The van der Waals surface area contributed by atoms with E-state index in [9.17, 15) is 14.0 Å². The molecule has 1 atom stereocenters. The van der Waals surface area contributed by atoms with Crippen LogP contribution in [0.1, 0.15) is 36.9 Å². The third-order valence-electron chi connectivity index (χ3n) is 5.55. The van der Waals surface area contributed by atoms with Crippen LogP contribution in [-0.4, -0.2) is 68.0 Å². The van der Waals surface area contributed by atoms with E-state index in [1.165, 1.54) is 23.1 Å². The Hall–Kier alpha value is -3.46. The minimum atomic E-state index is -0.499. The summed E-state index contributed by atoms with van der Waals surface area (Å²) in [6.07, 6.45) is 1.09. The SMILES string of the molecule is CCCNC(=O)N(CCOC)CC(=O)N1N=C(c2ccccc2F)C[C@@H]1c1ccccc1OC. The van der Waals surface area contributed by atoms with Gasteiger partial charge in [0.25, 0.3) is 5.91 Å². The molecule has 2 aromatic carbocycles. The summed E-state index contributed by atoms with van der Waals surface area (Å²) in [6, 6.07) is 12.9. The smallest absolute Gasteiger partial charge is 0.317 e. The van der Waals surface area contributed by atoms with Crippen LogP contribution < -0.4 is 10.1 Å². The number of halogens is 1. The number of rotatable bonds is 10. The monoisotopic (exact) mass is 470 g/mol. The number of ether oxygens (including phenoxy) is 2. The highest BCUT2D eigenvalue weighted by atomic mass is 19.1. The molecule has 2 aromatic rings. The predicted molar refractivity (Wildman–Crippen MR) is 127 cm³/mol. The van der Waals surface area contributed by atoms with Crippen molar-refractivity contribution in [1.29, 1.82) is 0 Å². The fourth-order valence-electron chi connectivity index (χ4n) is 3.82. The average Bonchev–Trinajstić information content (AvgIpc) is 3.30. The summed E-state index contributed by atoms with van der Waals surface area (Å²) in [6.45, 7) is 2.78. The molecule has 34 heavy (non-hydrogen) atoms. The third kappa shape index (κ3) is 5.91. The van der Waals surface area contributed by atoms with Crippen LogP contribution in [0, 0.1) is 5.82 Å². The second-order valence-corrected chi connectivity index (χ2v) is 7.87. The normalized spacial score (nSPS) is 15.1. The van der Waals surface area contributed by atoms with E-state index in [-0.39, 0.29) is 31.6 Å². The first-order chi connectivity index (χ1) is 16.5. The van der Waals surface area contributed by atoms with Crippen LogP contribution >= 0.6 is 0 Å². The molecule has 182 valence electrons. The van der Waals surface area contributed by atoms with Crippen LogP contribution in [0.4, 0.5) is 9.18 Å². The highest BCUT2D eigenvalue weighted by Gasteiger charge is 2.36. The molecule has 1 N–H and O–H groups in total. The molecule has 0 saturated carbocycles. The van der Waals surface area contributed by atoms with Gasteiger partial charge in [0, 0.05) is 37.7 Å². The molecule has 0 bridgehead atoms. The number of hydrazone groups is 1. The Morgan fingerprint density at radius 2 is 1.91 bits per heavy atom. The third-order valence-corrected chi connectivity index (χ3v) is 5.55. The number of hydrogen-bond acceptors (Lipinski definition) is 5. The van der Waals surface area contributed by atoms with E-state index in [1.807, 2.05) is 31.2 Å². The Morgan fingerprint density at radius 3 is 2.62 bits per heavy atom. The number of carbonyl (C=O) groups is 2. The number of carbonyl (C=O) groups excluding carboxylic acids is 2. The Kier molecular flexibility index (Phi) is 8.98. The minimum absolute atomic E-state index is 0.196. The molecule has 1 aliphatic rings. The van der Waals surface area contributed by atoms with Crippen LogP contribution in [0.3, 0.4) is 0 Å². The zero-order valence-corrected chi connectivity index (χ0v) is 19.8. The fraction of sp³-hybridized carbons (Fsp3) is 0.400. The standard InChI is InChI=1S/C25H31FN4O4/c1-4-13-27-25(32)29(14-15-33-2)17-24(31)30-22(19-10-6-8-12-23(19)34-3)16-21(28-30)18-9-5-7-11-20(18)26/h5-12,22H,4,13-17H2,1-3H3,(H,27,32)/t22-/m1/s1. The first-order valence-electron chi connectivity index (χ1n) is 11.3. The van der Waals surface area contributed by atoms with Crippen molar-refractivity contribution in [3.05, 3.63) is 65.5 Å². The van der Waals surface area contributed by atoms with Gasteiger partial charge in [-0.05, 0) is 18.6 Å². The molecule has 0 aliphatic carbocycles. The van der Waals surface area contributed by atoms with E-state index in [0.29, 0.717) is 30.0 Å². The molecule has 0 saturated heterocycles. The van der Waals surface area contributed by atoms with Gasteiger partial charge < -0.3 is 19.7 Å². The zero-order chi connectivity index (χ0) is 24.5. The van der Waals surface area contributed by atoms with Gasteiger partial charge in [-0.1, -0.05) is 43.3 Å². The predicted octanol–water partition coefficient (Wildman–Crippen LogP) is 3.58. The van der Waals surface area contributed by atoms with Gasteiger partial charge >= 0.3 is 6.03 Å². The van der Waals surface area contributed by atoms with Crippen LogP contribution in [0.15, 0.2) is 53.6 Å². The van der Waals surface area contributed by atoms with E-state index in [0.717, 1.165) is 12.0 Å². The van der Waals surface area contributed by atoms with Crippen molar-refractivity contribution in [3.63, 3.8) is 0 Å². The molecule has 3 rings (SSSR count). The summed E-state index contributed by atoms with van der Waals surface area (Å²) in [5.41, 5.74) is 1.56. The molecular formula is C25H31FN4O4. The Morgan fingerprint density at radius 1 is 1.18 bits per heavy atom. The maximum atomic E-state index is 14.5. The van der Waals surface area contributed by atoms with Crippen molar-refractivity contribution < 1.29 is 23.5 Å². The maximum absolute atomic E-state index is 14.5. The summed E-state index contributed by atoms with van der Waals surface area (Å²) in [5, 5.41) is 8.66. The van der Waals surface area contributed by atoms with Crippen molar-refractivity contribution in [3.8, 4) is 5.75 Å². The van der Waals surface area contributed by atoms with Crippen molar-refractivity contribution >= 4 is 17.6 Å². The number of hydrogen-bond donors (Lipinski definition) is 1. The molecule has 3 amide bonds. The molecule has 1 heterocycles. The summed E-state index contributed by atoms with van der Waals surface area (Å²) in [7, 11) is 3.09. The van der Waals surface area contributed by atoms with E-state index in [1.54, 1.807) is 25.3 Å². The van der Waals surface area contributed by atoms with Crippen LogP contribution in [0.2, 0.25) is 0 Å². The van der Waals surface area contributed by atoms with Crippen molar-refractivity contribution in [1.82, 2.24) is 15.2 Å². The lowest BCUT2D eigenvalue weighted by Gasteiger charge is -2.27. The van der Waals surface area contributed by atoms with E-state index in [4.69, 9.17) is 9.47 Å². The number of amides is 3. The van der Waals surface area contributed by atoms with Gasteiger partial charge in [0.1, 0.15) is 18.1 Å². The van der Waals surface area contributed by atoms with Crippen molar-refractivity contribution in [2.75, 3.05) is 40.5 Å². The lowest BCUT2D eigenvalue weighted by molar-refractivity contribution is -0.133. The molecule has 8 nitrogen and oxygen atoms in total. The molecule has 1 aliphatic heterocycles. The van der Waals surface area contributed by atoms with Gasteiger partial charge in [-0.2, -0.15) is 5.10 Å². The van der Waals surface area contributed by atoms with Crippen LogP contribution in [-0.2, 0) is 9.53 Å². The lowest BCUT2D eigenvalue weighted by Crippen LogP contribution is -2.47. The van der Waals surface area contributed by atoms with Crippen LogP contribution in [0.5, 0.6) is 5.75 Å². The number of nitrogens with zero attached hydrogens (tertiary/aromatic N) is 3. The molecule has 0 fully saturated rings. The highest BCUT2D eigenvalue weighted by molar-refractivity contribution is 6.03. The highest BCUT2D eigenvalue weighted by Crippen LogP contribution is 2.37. The molecule has 9 heteroatoms. The molecule has 0 spiro atoms. The molecule has 0 radical (unpaired) electrons. The zero-order valence-electron chi connectivity index (χ0n) is 19.8. The second-order valence-electron chi connectivity index (χ2n) is 7.87. The van der Waals surface area contributed by atoms with Gasteiger partial charge in [0.05, 0.1) is 25.5 Å².